The summed E-state index contributed by atoms with van der Waals surface area (Å²) in [6, 6.07) is 11.1. The van der Waals surface area contributed by atoms with Crippen LogP contribution in [0.25, 0.3) is 0 Å². The smallest absolute Gasteiger partial charge is 0.253 e. The summed E-state index contributed by atoms with van der Waals surface area (Å²) in [5.74, 6) is 0.736. The second-order valence-corrected chi connectivity index (χ2v) is 8.72. The molecule has 0 saturated carbocycles. The minimum Gasteiger partial charge on any atom is -0.497 e. The molecule has 1 heterocycles. The summed E-state index contributed by atoms with van der Waals surface area (Å²) in [5.41, 5.74) is 0.816. The minimum atomic E-state index is -3.81. The standard InChI is InChI=1S/C21H26N2O6S/c1-15(18-14-16(27-2)8-9-19(18)28-3)22-21(24)17-6-4-5-7-20(17)30(25,26)23-10-12-29-13-11-23/h4-9,14-15H,10-13H2,1-3H3,(H,22,24). The van der Waals surface area contributed by atoms with Gasteiger partial charge in [0.1, 0.15) is 11.5 Å². The van der Waals surface area contributed by atoms with Gasteiger partial charge in [0.25, 0.3) is 5.91 Å². The fourth-order valence-corrected chi connectivity index (χ4v) is 4.93. The number of benzene rings is 2. The van der Waals surface area contributed by atoms with Crippen molar-refractivity contribution >= 4 is 15.9 Å². The molecule has 1 aliphatic heterocycles. The van der Waals surface area contributed by atoms with Crippen molar-refractivity contribution in [3.8, 4) is 11.5 Å². The lowest BCUT2D eigenvalue weighted by atomic mass is 10.1. The van der Waals surface area contributed by atoms with Gasteiger partial charge in [-0.25, -0.2) is 8.42 Å². The van der Waals surface area contributed by atoms with Crippen LogP contribution in [0.2, 0.25) is 0 Å². The molecule has 162 valence electrons. The Hall–Kier alpha value is -2.62. The molecule has 1 amide bonds. The summed E-state index contributed by atoms with van der Waals surface area (Å²) in [6.07, 6.45) is 0. The van der Waals surface area contributed by atoms with Crippen LogP contribution in [0.15, 0.2) is 47.4 Å². The van der Waals surface area contributed by atoms with Crippen LogP contribution in [-0.4, -0.2) is 59.2 Å². The van der Waals surface area contributed by atoms with E-state index < -0.39 is 22.0 Å². The summed E-state index contributed by atoms with van der Waals surface area (Å²) >= 11 is 0. The molecule has 2 aromatic rings. The van der Waals surface area contributed by atoms with Crippen LogP contribution >= 0.6 is 0 Å². The molecule has 0 bridgehead atoms. The zero-order valence-corrected chi connectivity index (χ0v) is 18.1. The lowest BCUT2D eigenvalue weighted by Crippen LogP contribution is -2.41. The third-order valence-electron chi connectivity index (χ3n) is 4.97. The maximum absolute atomic E-state index is 13.1. The first-order chi connectivity index (χ1) is 14.4. The first kappa shape index (κ1) is 22.1. The van der Waals surface area contributed by atoms with Gasteiger partial charge in [0.2, 0.25) is 10.0 Å². The number of nitrogens with one attached hydrogen (secondary N) is 1. The van der Waals surface area contributed by atoms with Gasteiger partial charge in [-0.3, -0.25) is 4.79 Å². The Kier molecular flexibility index (Phi) is 6.96. The van der Waals surface area contributed by atoms with E-state index in [9.17, 15) is 13.2 Å². The molecule has 0 spiro atoms. The zero-order chi connectivity index (χ0) is 21.7. The Morgan fingerprint density at radius 2 is 1.80 bits per heavy atom. The molecule has 1 N–H and O–H groups in total. The van der Waals surface area contributed by atoms with E-state index in [1.807, 2.05) is 0 Å². The Balaban J connectivity index is 1.88. The maximum Gasteiger partial charge on any atom is 0.253 e. The molecule has 1 atom stereocenters. The molecule has 0 radical (unpaired) electrons. The van der Waals surface area contributed by atoms with Gasteiger partial charge in [-0.05, 0) is 37.3 Å². The molecule has 1 aliphatic rings. The van der Waals surface area contributed by atoms with Gasteiger partial charge in [0.05, 0.1) is 43.9 Å². The van der Waals surface area contributed by atoms with Crippen LogP contribution in [0.5, 0.6) is 11.5 Å². The first-order valence-electron chi connectivity index (χ1n) is 9.58. The van der Waals surface area contributed by atoms with Crippen LogP contribution in [-0.2, 0) is 14.8 Å². The number of hydrogen-bond acceptors (Lipinski definition) is 6. The van der Waals surface area contributed by atoms with Crippen LogP contribution in [0.3, 0.4) is 0 Å². The van der Waals surface area contributed by atoms with Crippen LogP contribution in [0, 0.1) is 0 Å². The number of amides is 1. The van der Waals surface area contributed by atoms with E-state index in [0.29, 0.717) is 24.7 Å². The predicted molar refractivity (Wildman–Crippen MR) is 111 cm³/mol. The maximum atomic E-state index is 13.1. The first-order valence-corrected chi connectivity index (χ1v) is 11.0. The number of hydrogen-bond donors (Lipinski definition) is 1. The molecule has 9 heteroatoms. The highest BCUT2D eigenvalue weighted by Crippen LogP contribution is 2.30. The van der Waals surface area contributed by atoms with Crippen molar-refractivity contribution in [3.05, 3.63) is 53.6 Å². The summed E-state index contributed by atoms with van der Waals surface area (Å²) < 4.78 is 43.5. The highest BCUT2D eigenvalue weighted by atomic mass is 32.2. The number of rotatable bonds is 7. The van der Waals surface area contributed by atoms with Crippen molar-refractivity contribution in [2.24, 2.45) is 0 Å². The summed E-state index contributed by atoms with van der Waals surface area (Å²) in [4.78, 5) is 13.0. The number of nitrogens with zero attached hydrogens (tertiary/aromatic N) is 1. The number of methoxy groups -OCH3 is 2. The normalized spacial score (nSPS) is 16.0. The topological polar surface area (TPSA) is 94.2 Å². The van der Waals surface area contributed by atoms with Crippen molar-refractivity contribution in [2.75, 3.05) is 40.5 Å². The summed E-state index contributed by atoms with van der Waals surface area (Å²) in [7, 11) is -0.711. The van der Waals surface area contributed by atoms with Crippen LogP contribution in [0.1, 0.15) is 28.9 Å². The summed E-state index contributed by atoms with van der Waals surface area (Å²) in [6.45, 7) is 2.99. The van der Waals surface area contributed by atoms with Gasteiger partial charge in [-0.1, -0.05) is 12.1 Å². The molecule has 1 saturated heterocycles. The zero-order valence-electron chi connectivity index (χ0n) is 17.3. The number of carbonyl (C=O) groups excluding carboxylic acids is 1. The quantitative estimate of drug-likeness (QED) is 0.718. The van der Waals surface area contributed by atoms with Gasteiger partial charge in [0.15, 0.2) is 0 Å². The SMILES string of the molecule is COc1ccc(OC)c(C(C)NC(=O)c2ccccc2S(=O)(=O)N2CCOCC2)c1. The Labute approximate surface area is 176 Å². The lowest BCUT2D eigenvalue weighted by molar-refractivity contribution is 0.0729. The number of sulfonamides is 1. The van der Waals surface area contributed by atoms with E-state index in [-0.39, 0.29) is 23.5 Å². The fraction of sp³-hybridized carbons (Fsp3) is 0.381. The Morgan fingerprint density at radius 1 is 1.10 bits per heavy atom. The molecule has 30 heavy (non-hydrogen) atoms. The largest absolute Gasteiger partial charge is 0.497 e. The molecular weight excluding hydrogens is 408 g/mol. The molecule has 8 nitrogen and oxygen atoms in total. The van der Waals surface area contributed by atoms with Crippen molar-refractivity contribution in [3.63, 3.8) is 0 Å². The van der Waals surface area contributed by atoms with Crippen LogP contribution in [0.4, 0.5) is 0 Å². The van der Waals surface area contributed by atoms with E-state index in [4.69, 9.17) is 14.2 Å². The molecule has 0 aromatic heterocycles. The second-order valence-electron chi connectivity index (χ2n) is 6.82. The number of carbonyl (C=O) groups is 1. The van der Waals surface area contributed by atoms with Crippen LogP contribution < -0.4 is 14.8 Å². The van der Waals surface area contributed by atoms with Gasteiger partial charge < -0.3 is 19.5 Å². The molecule has 3 rings (SSSR count). The fourth-order valence-electron chi connectivity index (χ4n) is 3.34. The van der Waals surface area contributed by atoms with E-state index in [2.05, 4.69) is 5.32 Å². The van der Waals surface area contributed by atoms with Crippen molar-refractivity contribution < 1.29 is 27.4 Å². The molecule has 1 fully saturated rings. The molecule has 0 aliphatic carbocycles. The van der Waals surface area contributed by atoms with Crippen molar-refractivity contribution in [1.29, 1.82) is 0 Å². The molecule has 2 aromatic carbocycles. The van der Waals surface area contributed by atoms with Gasteiger partial charge in [-0.15, -0.1) is 0 Å². The average Bonchev–Trinajstić information content (AvgIpc) is 2.79. The predicted octanol–water partition coefficient (Wildman–Crippen LogP) is 2.22. The average molecular weight is 435 g/mol. The van der Waals surface area contributed by atoms with E-state index in [1.165, 1.54) is 16.4 Å². The number of morpholine rings is 1. The molecule has 1 unspecified atom stereocenters. The van der Waals surface area contributed by atoms with E-state index in [1.54, 1.807) is 51.5 Å². The van der Waals surface area contributed by atoms with E-state index >= 15 is 0 Å². The number of ether oxygens (including phenoxy) is 3. The molecular formula is C21H26N2O6S. The third kappa shape index (κ3) is 4.58. The Morgan fingerprint density at radius 3 is 2.47 bits per heavy atom. The van der Waals surface area contributed by atoms with Gasteiger partial charge in [-0.2, -0.15) is 4.31 Å². The van der Waals surface area contributed by atoms with Crippen molar-refractivity contribution in [2.45, 2.75) is 17.9 Å². The lowest BCUT2D eigenvalue weighted by Gasteiger charge is -2.27. The Bertz CT molecular complexity index is 1000. The minimum absolute atomic E-state index is 0.0193. The monoisotopic (exact) mass is 434 g/mol. The highest BCUT2D eigenvalue weighted by Gasteiger charge is 2.30. The second kappa shape index (κ2) is 9.46. The van der Waals surface area contributed by atoms with E-state index in [0.717, 1.165) is 5.56 Å². The summed E-state index contributed by atoms with van der Waals surface area (Å²) in [5, 5.41) is 2.87. The van der Waals surface area contributed by atoms with Gasteiger partial charge >= 0.3 is 0 Å². The third-order valence-corrected chi connectivity index (χ3v) is 6.93. The highest BCUT2D eigenvalue weighted by molar-refractivity contribution is 7.89. The van der Waals surface area contributed by atoms with Gasteiger partial charge in [0, 0.05) is 18.7 Å². The van der Waals surface area contributed by atoms with Crippen molar-refractivity contribution in [1.82, 2.24) is 9.62 Å².